The Morgan fingerprint density at radius 1 is 1.19 bits per heavy atom. The minimum absolute atomic E-state index is 0.00838. The van der Waals surface area contributed by atoms with Crippen molar-refractivity contribution in [1.82, 2.24) is 14.8 Å². The van der Waals surface area contributed by atoms with Crippen LogP contribution in [0.5, 0.6) is 0 Å². The molecule has 1 aromatic carbocycles. The topological polar surface area (TPSA) is 71.4 Å². The van der Waals surface area contributed by atoms with E-state index in [0.29, 0.717) is 23.4 Å². The second-order valence-corrected chi connectivity index (χ2v) is 7.99. The fraction of sp³-hybridized carbons (Fsp3) is 0.409. The van der Waals surface area contributed by atoms with Crippen molar-refractivity contribution < 1.29 is 22.8 Å². The van der Waals surface area contributed by atoms with Crippen molar-refractivity contribution in [3.63, 3.8) is 0 Å². The molecule has 1 aliphatic carbocycles. The lowest BCUT2D eigenvalue weighted by Gasteiger charge is -2.39. The maximum Gasteiger partial charge on any atom is 0.268 e. The third-order valence-electron chi connectivity index (χ3n) is 5.82. The van der Waals surface area contributed by atoms with Crippen molar-refractivity contribution in [2.45, 2.75) is 38.7 Å². The molecule has 0 spiro atoms. The number of nitrogens with one attached hydrogen (secondary N) is 1. The molecule has 4 rings (SSSR count). The van der Waals surface area contributed by atoms with Gasteiger partial charge in [0.1, 0.15) is 11.4 Å². The highest BCUT2D eigenvalue weighted by molar-refractivity contribution is 5.96. The summed E-state index contributed by atoms with van der Waals surface area (Å²) in [7, 11) is 0. The number of aromatic nitrogens is 1. The summed E-state index contributed by atoms with van der Waals surface area (Å²) >= 11 is 0. The summed E-state index contributed by atoms with van der Waals surface area (Å²) in [6, 6.07) is 5.26. The first-order valence-electron chi connectivity index (χ1n) is 10.2. The van der Waals surface area contributed by atoms with Gasteiger partial charge in [0.2, 0.25) is 11.8 Å². The molecule has 2 amide bonds. The number of rotatable bonds is 4. The van der Waals surface area contributed by atoms with Crippen LogP contribution in [-0.4, -0.2) is 40.3 Å². The molecule has 0 radical (unpaired) electrons. The Labute approximate surface area is 176 Å². The average molecular weight is 433 g/mol. The molecule has 0 atom stereocenters. The van der Waals surface area contributed by atoms with Crippen LogP contribution in [0.2, 0.25) is 0 Å². The quantitative estimate of drug-likeness (QED) is 0.806. The van der Waals surface area contributed by atoms with Crippen molar-refractivity contribution in [1.29, 1.82) is 0 Å². The first kappa shape index (κ1) is 21.1. The maximum absolute atomic E-state index is 13.3. The Kier molecular flexibility index (Phi) is 5.36. The smallest absolute Gasteiger partial charge is 0.268 e. The van der Waals surface area contributed by atoms with Gasteiger partial charge in [0, 0.05) is 50.3 Å². The molecule has 1 aromatic heterocycles. The van der Waals surface area contributed by atoms with Crippen molar-refractivity contribution in [3.05, 3.63) is 63.3 Å². The highest BCUT2D eigenvalue weighted by atomic mass is 19.3. The lowest BCUT2D eigenvalue weighted by Crippen LogP contribution is -2.48. The number of halogens is 3. The molecule has 1 aliphatic heterocycles. The van der Waals surface area contributed by atoms with Gasteiger partial charge < -0.3 is 10.2 Å². The second kappa shape index (κ2) is 7.86. The Hall–Kier alpha value is -3.10. The molecule has 1 N–H and O–H groups in total. The Bertz CT molecular complexity index is 1090. The summed E-state index contributed by atoms with van der Waals surface area (Å²) in [6.45, 7) is 2.43. The van der Waals surface area contributed by atoms with Crippen molar-refractivity contribution in [2.75, 3.05) is 13.1 Å². The molecule has 1 fully saturated rings. The molecule has 6 nitrogen and oxygen atoms in total. The first-order chi connectivity index (χ1) is 14.7. The second-order valence-electron chi connectivity index (χ2n) is 7.99. The SMILES string of the molecule is CCNC(=O)c1c2c(cn(-c3ccc(F)cc3)c1=O)CN(C(=O)C1CC(F)(F)C1)CC2. The van der Waals surface area contributed by atoms with Crippen LogP contribution in [0.3, 0.4) is 0 Å². The minimum atomic E-state index is -2.79. The van der Waals surface area contributed by atoms with Gasteiger partial charge in [-0.1, -0.05) is 0 Å². The maximum atomic E-state index is 13.3. The van der Waals surface area contributed by atoms with Crippen LogP contribution in [-0.2, 0) is 17.8 Å². The van der Waals surface area contributed by atoms with Crippen LogP contribution in [0.15, 0.2) is 35.3 Å². The first-order valence-corrected chi connectivity index (χ1v) is 10.2. The zero-order chi connectivity index (χ0) is 22.3. The number of nitrogens with zero attached hydrogens (tertiary/aromatic N) is 2. The molecule has 1 saturated carbocycles. The molecule has 0 bridgehead atoms. The monoisotopic (exact) mass is 433 g/mol. The fourth-order valence-corrected chi connectivity index (χ4v) is 4.21. The van der Waals surface area contributed by atoms with Gasteiger partial charge in [-0.3, -0.25) is 19.0 Å². The van der Waals surface area contributed by atoms with Gasteiger partial charge in [-0.2, -0.15) is 0 Å². The summed E-state index contributed by atoms with van der Waals surface area (Å²) in [5, 5.41) is 2.64. The van der Waals surface area contributed by atoms with Crippen molar-refractivity contribution in [3.8, 4) is 5.69 Å². The third kappa shape index (κ3) is 3.96. The number of carbonyl (C=O) groups is 2. The van der Waals surface area contributed by atoms with Gasteiger partial charge in [-0.25, -0.2) is 13.2 Å². The van der Waals surface area contributed by atoms with E-state index in [1.807, 2.05) is 0 Å². The van der Waals surface area contributed by atoms with Gasteiger partial charge in [-0.05, 0) is 48.7 Å². The molecule has 9 heteroatoms. The van der Waals surface area contributed by atoms with E-state index < -0.39 is 42.0 Å². The largest absolute Gasteiger partial charge is 0.352 e. The predicted molar refractivity (Wildman–Crippen MR) is 107 cm³/mol. The number of alkyl halides is 2. The molecular weight excluding hydrogens is 411 g/mol. The van der Waals surface area contributed by atoms with Crippen LogP contribution < -0.4 is 10.9 Å². The number of benzene rings is 1. The van der Waals surface area contributed by atoms with Gasteiger partial charge in [0.05, 0.1) is 0 Å². The van der Waals surface area contributed by atoms with E-state index >= 15 is 0 Å². The average Bonchev–Trinajstić information content (AvgIpc) is 2.71. The van der Waals surface area contributed by atoms with E-state index in [4.69, 9.17) is 0 Å². The van der Waals surface area contributed by atoms with Gasteiger partial charge in [0.25, 0.3) is 11.5 Å². The molecular formula is C22H22F3N3O3. The standard InChI is InChI=1S/C22H22F3N3O3/c1-2-26-19(29)18-17-7-8-27(20(30)13-9-22(24,25)10-13)11-14(17)12-28(21(18)31)16-5-3-15(23)4-6-16/h3-6,12-13H,2,7-11H2,1H3,(H,26,29). The van der Waals surface area contributed by atoms with Crippen LogP contribution in [0.4, 0.5) is 13.2 Å². The predicted octanol–water partition coefficient (Wildman–Crippen LogP) is 2.66. The summed E-state index contributed by atoms with van der Waals surface area (Å²) < 4.78 is 41.0. The van der Waals surface area contributed by atoms with Crippen LogP contribution >= 0.6 is 0 Å². The molecule has 164 valence electrons. The zero-order valence-corrected chi connectivity index (χ0v) is 17.0. The van der Waals surface area contributed by atoms with Crippen LogP contribution in [0, 0.1) is 11.7 Å². The lowest BCUT2D eigenvalue weighted by atomic mass is 9.80. The van der Waals surface area contributed by atoms with Crippen molar-refractivity contribution >= 4 is 11.8 Å². The summed E-state index contributed by atoms with van der Waals surface area (Å²) in [5.74, 6) is -4.81. The molecule has 2 aromatic rings. The summed E-state index contributed by atoms with van der Waals surface area (Å²) in [5.41, 5.74) is 0.982. The van der Waals surface area contributed by atoms with Gasteiger partial charge >= 0.3 is 0 Å². The normalized spacial score (nSPS) is 17.6. The van der Waals surface area contributed by atoms with Crippen LogP contribution in [0.1, 0.15) is 41.3 Å². The molecule has 2 aliphatic rings. The number of fused-ring (bicyclic) bond motifs is 1. The highest BCUT2D eigenvalue weighted by Crippen LogP contribution is 2.43. The van der Waals surface area contributed by atoms with Crippen LogP contribution in [0.25, 0.3) is 5.69 Å². The van der Waals surface area contributed by atoms with E-state index in [0.717, 1.165) is 0 Å². The molecule has 31 heavy (non-hydrogen) atoms. The van der Waals surface area contributed by atoms with E-state index in [1.54, 1.807) is 13.1 Å². The number of hydrogen-bond donors (Lipinski definition) is 1. The summed E-state index contributed by atoms with van der Waals surface area (Å²) in [4.78, 5) is 40.0. The van der Waals surface area contributed by atoms with E-state index in [-0.39, 0.29) is 31.0 Å². The molecule has 0 unspecified atom stereocenters. The lowest BCUT2D eigenvalue weighted by molar-refractivity contribution is -0.160. The zero-order valence-electron chi connectivity index (χ0n) is 17.0. The minimum Gasteiger partial charge on any atom is -0.352 e. The molecule has 0 saturated heterocycles. The van der Waals surface area contributed by atoms with E-state index in [1.165, 1.54) is 33.7 Å². The third-order valence-corrected chi connectivity index (χ3v) is 5.82. The Morgan fingerprint density at radius 3 is 2.48 bits per heavy atom. The molecule has 2 heterocycles. The van der Waals surface area contributed by atoms with E-state index in [2.05, 4.69) is 5.32 Å². The number of hydrogen-bond acceptors (Lipinski definition) is 3. The summed E-state index contributed by atoms with van der Waals surface area (Å²) in [6.07, 6.45) is 0.918. The highest BCUT2D eigenvalue weighted by Gasteiger charge is 2.50. The number of pyridine rings is 1. The van der Waals surface area contributed by atoms with Crippen molar-refractivity contribution in [2.24, 2.45) is 5.92 Å². The Morgan fingerprint density at radius 2 is 1.87 bits per heavy atom. The van der Waals surface area contributed by atoms with E-state index in [9.17, 15) is 27.6 Å². The number of carbonyl (C=O) groups excluding carboxylic acids is 2. The van der Waals surface area contributed by atoms with Gasteiger partial charge in [0.15, 0.2) is 0 Å². The Balaban J connectivity index is 1.73. The van der Waals surface area contributed by atoms with Gasteiger partial charge in [-0.15, -0.1) is 0 Å². The number of amides is 2. The fourth-order valence-electron chi connectivity index (χ4n) is 4.21.